The Morgan fingerprint density at radius 1 is 0.897 bits per heavy atom. The third-order valence-electron chi connectivity index (χ3n) is 5.05. The highest BCUT2D eigenvalue weighted by Crippen LogP contribution is 2.37. The van der Waals surface area contributed by atoms with Crippen molar-refractivity contribution in [1.29, 1.82) is 0 Å². The second-order valence-corrected chi connectivity index (χ2v) is 9.24. The van der Waals surface area contributed by atoms with Crippen LogP contribution in [0.1, 0.15) is 24.8 Å². The van der Waals surface area contributed by atoms with Crippen LogP contribution in [-0.2, 0) is 35.2 Å². The van der Waals surface area contributed by atoms with Gasteiger partial charge in [0.05, 0.1) is 11.3 Å². The molecule has 0 aliphatic carbocycles. The maximum absolute atomic E-state index is 12.5. The van der Waals surface area contributed by atoms with Gasteiger partial charge in [-0.1, -0.05) is 0 Å². The van der Waals surface area contributed by atoms with Crippen molar-refractivity contribution in [1.82, 2.24) is 16.0 Å². The average molecular weight is 575 g/mol. The van der Waals surface area contributed by atoms with Gasteiger partial charge < -0.3 is 52.3 Å². The van der Waals surface area contributed by atoms with Crippen LogP contribution < -0.4 is 21.7 Å². The quantitative estimate of drug-likeness (QED) is 0.0678. The van der Waals surface area contributed by atoms with Gasteiger partial charge in [0.15, 0.2) is 11.5 Å². The molecule has 11 N–H and O–H groups in total. The standard InChI is InChI=1S/C22H30N4O12S/c23-11(21(35)36)1-2-16(28)26-13(20(34)25-8-18(31)32)9-39-15-7-10(6-14(27)19(15)33)5-12(22(37)38)24-4-3-17(29)30/h6-7,11-13,24,27,33H,1-5,8-9,23H2,(H,25,34)(H,26,28)(H,29,30)(H,31,32)(H,35,36)(H,37,38). The van der Waals surface area contributed by atoms with E-state index in [9.17, 15) is 44.1 Å². The Kier molecular flexibility index (Phi) is 13.5. The molecule has 1 aromatic rings. The summed E-state index contributed by atoms with van der Waals surface area (Å²) < 4.78 is 0. The van der Waals surface area contributed by atoms with E-state index in [1.165, 1.54) is 6.07 Å². The Labute approximate surface area is 225 Å². The highest BCUT2D eigenvalue weighted by Gasteiger charge is 2.25. The van der Waals surface area contributed by atoms with E-state index < -0.39 is 71.9 Å². The van der Waals surface area contributed by atoms with Gasteiger partial charge in [0.25, 0.3) is 0 Å². The number of hydrogen-bond donors (Lipinski definition) is 10. The minimum atomic E-state index is -1.35. The normalized spacial score (nSPS) is 13.1. The molecular formula is C22H30N4O12S. The molecule has 0 aliphatic rings. The first-order valence-electron chi connectivity index (χ1n) is 11.3. The minimum absolute atomic E-state index is 0.00198. The number of carboxylic acid groups (broad SMARTS) is 4. The van der Waals surface area contributed by atoms with Gasteiger partial charge in [-0.3, -0.25) is 28.8 Å². The molecule has 0 spiro atoms. The zero-order valence-electron chi connectivity index (χ0n) is 20.5. The summed E-state index contributed by atoms with van der Waals surface area (Å²) in [5.74, 6) is -8.23. The van der Waals surface area contributed by atoms with Crippen LogP contribution in [0.3, 0.4) is 0 Å². The molecule has 1 rings (SSSR count). The van der Waals surface area contributed by atoms with E-state index in [-0.39, 0.29) is 48.4 Å². The maximum Gasteiger partial charge on any atom is 0.322 e. The number of benzene rings is 1. The smallest absolute Gasteiger partial charge is 0.322 e. The topological polar surface area (TPSA) is 286 Å². The van der Waals surface area contributed by atoms with Crippen LogP contribution in [0.4, 0.5) is 0 Å². The predicted octanol–water partition coefficient (Wildman–Crippen LogP) is -1.87. The van der Waals surface area contributed by atoms with Crippen LogP contribution in [0.25, 0.3) is 0 Å². The first kappa shape index (κ1) is 32.9. The number of carbonyl (C=O) groups is 6. The highest BCUT2D eigenvalue weighted by molar-refractivity contribution is 7.99. The van der Waals surface area contributed by atoms with E-state index in [4.69, 9.17) is 21.1 Å². The Hall–Kier alpha value is -4.09. The van der Waals surface area contributed by atoms with E-state index in [0.717, 1.165) is 17.8 Å². The lowest BCUT2D eigenvalue weighted by molar-refractivity contribution is -0.141. The monoisotopic (exact) mass is 574 g/mol. The van der Waals surface area contributed by atoms with Gasteiger partial charge in [-0.05, 0) is 30.5 Å². The highest BCUT2D eigenvalue weighted by atomic mass is 32.2. The van der Waals surface area contributed by atoms with Gasteiger partial charge in [0, 0.05) is 18.7 Å². The molecule has 17 heteroatoms. The number of aliphatic carboxylic acids is 4. The summed E-state index contributed by atoms with van der Waals surface area (Å²) >= 11 is 0.777. The third kappa shape index (κ3) is 12.3. The first-order chi connectivity index (χ1) is 18.2. The zero-order chi connectivity index (χ0) is 29.7. The number of carbonyl (C=O) groups excluding carboxylic acids is 2. The van der Waals surface area contributed by atoms with E-state index >= 15 is 0 Å². The molecule has 0 radical (unpaired) electrons. The molecule has 3 atom stereocenters. The van der Waals surface area contributed by atoms with Crippen molar-refractivity contribution in [2.75, 3.05) is 18.8 Å². The number of phenols is 2. The number of phenolic OH excluding ortho intramolecular Hbond substituents is 2. The average Bonchev–Trinajstić information content (AvgIpc) is 2.84. The van der Waals surface area contributed by atoms with Crippen molar-refractivity contribution in [3.63, 3.8) is 0 Å². The van der Waals surface area contributed by atoms with Crippen LogP contribution in [0, 0.1) is 0 Å². The van der Waals surface area contributed by atoms with Crippen LogP contribution in [0.15, 0.2) is 17.0 Å². The number of carboxylic acids is 4. The van der Waals surface area contributed by atoms with Crippen molar-refractivity contribution in [2.24, 2.45) is 5.73 Å². The Balaban J connectivity index is 3.03. The fourth-order valence-corrected chi connectivity index (χ4v) is 4.09. The molecule has 3 unspecified atom stereocenters. The molecule has 16 nitrogen and oxygen atoms in total. The number of thioether (sulfide) groups is 1. The largest absolute Gasteiger partial charge is 0.504 e. The number of hydrogen-bond acceptors (Lipinski definition) is 11. The fraction of sp³-hybridized carbons (Fsp3) is 0.455. The van der Waals surface area contributed by atoms with Gasteiger partial charge in [0.1, 0.15) is 24.7 Å². The van der Waals surface area contributed by atoms with Crippen LogP contribution in [0.5, 0.6) is 11.5 Å². The number of amides is 2. The molecule has 0 saturated heterocycles. The van der Waals surface area contributed by atoms with Crippen LogP contribution >= 0.6 is 11.8 Å². The number of nitrogens with two attached hydrogens (primary N) is 1. The molecule has 0 heterocycles. The van der Waals surface area contributed by atoms with E-state index in [0.29, 0.717) is 0 Å². The van der Waals surface area contributed by atoms with E-state index in [1.807, 2.05) is 0 Å². The molecule has 0 bridgehead atoms. The molecule has 0 aromatic heterocycles. The van der Waals surface area contributed by atoms with Crippen molar-refractivity contribution in [3.8, 4) is 11.5 Å². The second-order valence-electron chi connectivity index (χ2n) is 8.18. The summed E-state index contributed by atoms with van der Waals surface area (Å²) in [6, 6.07) is -1.46. The van der Waals surface area contributed by atoms with Gasteiger partial charge in [0.2, 0.25) is 11.8 Å². The molecule has 0 fully saturated rings. The number of aromatic hydroxyl groups is 2. The van der Waals surface area contributed by atoms with Crippen molar-refractivity contribution < 1.29 is 59.4 Å². The van der Waals surface area contributed by atoms with E-state index in [1.54, 1.807) is 0 Å². The van der Waals surface area contributed by atoms with Crippen molar-refractivity contribution in [2.45, 2.75) is 48.7 Å². The van der Waals surface area contributed by atoms with Crippen molar-refractivity contribution in [3.05, 3.63) is 17.7 Å². The molecule has 2 amide bonds. The molecule has 216 valence electrons. The lowest BCUT2D eigenvalue weighted by Crippen LogP contribution is -2.49. The van der Waals surface area contributed by atoms with Crippen LogP contribution in [-0.4, -0.2) is 103 Å². The summed E-state index contributed by atoms with van der Waals surface area (Å²) in [5, 5.41) is 63.2. The molecule has 39 heavy (non-hydrogen) atoms. The summed E-state index contributed by atoms with van der Waals surface area (Å²) in [4.78, 5) is 68.6. The Morgan fingerprint density at radius 2 is 1.56 bits per heavy atom. The first-order valence-corrected chi connectivity index (χ1v) is 12.3. The number of nitrogens with one attached hydrogen (secondary N) is 3. The lowest BCUT2D eigenvalue weighted by atomic mass is 10.1. The second kappa shape index (κ2) is 16.0. The minimum Gasteiger partial charge on any atom is -0.504 e. The fourth-order valence-electron chi connectivity index (χ4n) is 3.03. The summed E-state index contributed by atoms with van der Waals surface area (Å²) in [6.07, 6.45) is -1.13. The van der Waals surface area contributed by atoms with Crippen LogP contribution in [0.2, 0.25) is 0 Å². The zero-order valence-corrected chi connectivity index (χ0v) is 21.3. The molecule has 0 saturated carbocycles. The number of rotatable bonds is 18. The van der Waals surface area contributed by atoms with Gasteiger partial charge in [-0.25, -0.2) is 0 Å². The SMILES string of the molecule is NC(CCC(=O)NC(CSc1cc(CC(NCCC(=O)O)C(=O)O)cc(O)c1O)C(=O)NCC(=O)O)C(=O)O. The maximum atomic E-state index is 12.5. The molecule has 0 aliphatic heterocycles. The van der Waals surface area contributed by atoms with Crippen molar-refractivity contribution >= 4 is 47.5 Å². The molecular weight excluding hydrogens is 544 g/mol. The summed E-state index contributed by atoms with van der Waals surface area (Å²) in [7, 11) is 0. The Bertz CT molecular complexity index is 1080. The lowest BCUT2D eigenvalue weighted by Gasteiger charge is -2.19. The Morgan fingerprint density at radius 3 is 2.13 bits per heavy atom. The third-order valence-corrected chi connectivity index (χ3v) is 6.18. The predicted molar refractivity (Wildman–Crippen MR) is 133 cm³/mol. The summed E-state index contributed by atoms with van der Waals surface area (Å²) in [5.41, 5.74) is 5.60. The van der Waals surface area contributed by atoms with E-state index in [2.05, 4.69) is 16.0 Å². The summed E-state index contributed by atoms with van der Waals surface area (Å²) in [6.45, 7) is -0.894. The van der Waals surface area contributed by atoms with Gasteiger partial charge in [-0.15, -0.1) is 11.8 Å². The molecule has 1 aromatic carbocycles. The van der Waals surface area contributed by atoms with Gasteiger partial charge in [-0.2, -0.15) is 0 Å². The van der Waals surface area contributed by atoms with Gasteiger partial charge >= 0.3 is 23.9 Å².